The van der Waals surface area contributed by atoms with Crippen LogP contribution in [-0.4, -0.2) is 19.1 Å². The highest BCUT2D eigenvalue weighted by molar-refractivity contribution is 5.51. The van der Waals surface area contributed by atoms with Gasteiger partial charge < -0.3 is 9.13 Å². The predicted octanol–water partition coefficient (Wildman–Crippen LogP) is 0.821. The molecular formula is C8H10N4. The van der Waals surface area contributed by atoms with Crippen LogP contribution in [0.15, 0.2) is 25.0 Å². The third kappa shape index (κ3) is 1.11. The third-order valence-corrected chi connectivity index (χ3v) is 1.67. The van der Waals surface area contributed by atoms with Crippen LogP contribution in [-0.2, 0) is 14.1 Å². The Labute approximate surface area is 70.5 Å². The highest BCUT2D eigenvalue weighted by Gasteiger charge is 2.02. The number of hydrogen-bond acceptors (Lipinski definition) is 2. The van der Waals surface area contributed by atoms with Crippen LogP contribution in [0.1, 0.15) is 0 Å². The van der Waals surface area contributed by atoms with Gasteiger partial charge in [0.15, 0.2) is 0 Å². The molecule has 0 spiro atoms. The Morgan fingerprint density at radius 1 is 0.917 bits per heavy atom. The van der Waals surface area contributed by atoms with E-state index in [9.17, 15) is 0 Å². The lowest BCUT2D eigenvalue weighted by Gasteiger charge is -1.86. The predicted molar refractivity (Wildman–Crippen MR) is 45.4 cm³/mol. The molecule has 0 saturated carbocycles. The molecule has 0 aromatic carbocycles. The first kappa shape index (κ1) is 7.09. The minimum absolute atomic E-state index is 0.915. The van der Waals surface area contributed by atoms with Crippen LogP contribution in [0.5, 0.6) is 0 Å². The van der Waals surface area contributed by atoms with E-state index in [0.717, 1.165) is 11.4 Å². The van der Waals surface area contributed by atoms with Crippen molar-refractivity contribution in [3.8, 4) is 11.4 Å². The quantitative estimate of drug-likeness (QED) is 0.622. The zero-order chi connectivity index (χ0) is 8.55. The van der Waals surface area contributed by atoms with Crippen molar-refractivity contribution in [2.24, 2.45) is 14.1 Å². The molecule has 0 unspecified atom stereocenters. The lowest BCUT2D eigenvalue weighted by molar-refractivity contribution is 0.913. The summed E-state index contributed by atoms with van der Waals surface area (Å²) >= 11 is 0. The summed E-state index contributed by atoms with van der Waals surface area (Å²) in [7, 11) is 3.89. The van der Waals surface area contributed by atoms with Crippen molar-refractivity contribution >= 4 is 0 Å². The summed E-state index contributed by atoms with van der Waals surface area (Å²) in [6, 6.07) is 0. The van der Waals surface area contributed by atoms with Crippen molar-refractivity contribution < 1.29 is 0 Å². The molecule has 0 aliphatic rings. The van der Waals surface area contributed by atoms with Crippen molar-refractivity contribution in [1.82, 2.24) is 19.1 Å². The topological polar surface area (TPSA) is 35.6 Å². The van der Waals surface area contributed by atoms with E-state index in [1.807, 2.05) is 35.6 Å². The van der Waals surface area contributed by atoms with Crippen LogP contribution >= 0.6 is 0 Å². The van der Waals surface area contributed by atoms with E-state index < -0.39 is 0 Å². The molecule has 0 N–H and O–H groups in total. The summed E-state index contributed by atoms with van der Waals surface area (Å²) in [4.78, 5) is 8.37. The molecule has 0 bridgehead atoms. The van der Waals surface area contributed by atoms with Gasteiger partial charge in [0, 0.05) is 26.5 Å². The molecule has 62 valence electrons. The van der Waals surface area contributed by atoms with Crippen molar-refractivity contribution in [2.45, 2.75) is 0 Å². The summed E-state index contributed by atoms with van der Waals surface area (Å²) in [5, 5.41) is 0. The van der Waals surface area contributed by atoms with E-state index in [1.165, 1.54) is 0 Å². The van der Waals surface area contributed by atoms with Crippen molar-refractivity contribution in [3.05, 3.63) is 25.0 Å². The van der Waals surface area contributed by atoms with Gasteiger partial charge in [-0.25, -0.2) is 9.97 Å². The second kappa shape index (κ2) is 2.48. The van der Waals surface area contributed by atoms with Gasteiger partial charge in [0.05, 0.1) is 12.7 Å². The van der Waals surface area contributed by atoms with Gasteiger partial charge in [-0.3, -0.25) is 0 Å². The zero-order valence-electron chi connectivity index (χ0n) is 7.10. The fourth-order valence-electron chi connectivity index (χ4n) is 1.09. The maximum atomic E-state index is 4.19. The Bertz CT molecular complexity index is 347. The van der Waals surface area contributed by atoms with E-state index >= 15 is 0 Å². The fraction of sp³-hybridized carbons (Fsp3) is 0.250. The normalized spacial score (nSPS) is 10.5. The molecule has 0 amide bonds. The molecule has 0 radical (unpaired) electrons. The number of aryl methyl sites for hydroxylation is 2. The Balaban J connectivity index is 2.43. The smallest absolute Gasteiger partial charge is 0.108 e. The van der Waals surface area contributed by atoms with Gasteiger partial charge in [-0.05, 0) is 0 Å². The monoisotopic (exact) mass is 162 g/mol. The maximum absolute atomic E-state index is 4.19. The SMILES string of the molecule is Cn1cnc(-c2cn(C)cn2)c1. The van der Waals surface area contributed by atoms with Crippen LogP contribution in [0.25, 0.3) is 11.4 Å². The molecule has 2 heterocycles. The Kier molecular flexibility index (Phi) is 1.46. The largest absolute Gasteiger partial charge is 0.340 e. The van der Waals surface area contributed by atoms with Crippen molar-refractivity contribution in [1.29, 1.82) is 0 Å². The molecule has 0 aliphatic heterocycles. The molecule has 2 aromatic rings. The summed E-state index contributed by atoms with van der Waals surface area (Å²) in [5.74, 6) is 0. The average Bonchev–Trinajstić information content (AvgIpc) is 2.58. The highest BCUT2D eigenvalue weighted by atomic mass is 15.0. The molecular weight excluding hydrogens is 152 g/mol. The number of nitrogens with zero attached hydrogens (tertiary/aromatic N) is 4. The second-order valence-corrected chi connectivity index (χ2v) is 2.85. The van der Waals surface area contributed by atoms with E-state index in [0.29, 0.717) is 0 Å². The molecule has 0 fully saturated rings. The van der Waals surface area contributed by atoms with Crippen LogP contribution < -0.4 is 0 Å². The van der Waals surface area contributed by atoms with Crippen LogP contribution in [0.2, 0.25) is 0 Å². The lowest BCUT2D eigenvalue weighted by Crippen LogP contribution is -1.79. The Morgan fingerprint density at radius 3 is 1.58 bits per heavy atom. The second-order valence-electron chi connectivity index (χ2n) is 2.85. The minimum atomic E-state index is 0.915. The lowest BCUT2D eigenvalue weighted by atomic mass is 10.4. The molecule has 2 aromatic heterocycles. The summed E-state index contributed by atoms with van der Waals surface area (Å²) in [6.07, 6.45) is 7.43. The minimum Gasteiger partial charge on any atom is -0.340 e. The molecule has 4 heteroatoms. The van der Waals surface area contributed by atoms with E-state index in [-0.39, 0.29) is 0 Å². The van der Waals surface area contributed by atoms with Gasteiger partial charge in [-0.15, -0.1) is 0 Å². The first-order valence-electron chi connectivity index (χ1n) is 3.72. The van der Waals surface area contributed by atoms with Gasteiger partial charge in [0.25, 0.3) is 0 Å². The standard InChI is InChI=1S/C8H10N4/c1-11-3-7(9-5-11)8-4-12(2)6-10-8/h3-6H,1-2H3. The van der Waals surface area contributed by atoms with Crippen LogP contribution in [0.3, 0.4) is 0 Å². The van der Waals surface area contributed by atoms with E-state index in [4.69, 9.17) is 0 Å². The average molecular weight is 162 g/mol. The van der Waals surface area contributed by atoms with Crippen molar-refractivity contribution in [2.75, 3.05) is 0 Å². The number of aromatic nitrogens is 4. The summed E-state index contributed by atoms with van der Waals surface area (Å²) < 4.78 is 3.81. The first-order valence-corrected chi connectivity index (χ1v) is 3.72. The Morgan fingerprint density at radius 2 is 1.33 bits per heavy atom. The molecule has 12 heavy (non-hydrogen) atoms. The van der Waals surface area contributed by atoms with Gasteiger partial charge in [0.1, 0.15) is 11.4 Å². The molecule has 0 atom stereocenters. The van der Waals surface area contributed by atoms with Crippen LogP contribution in [0, 0.1) is 0 Å². The number of rotatable bonds is 1. The van der Waals surface area contributed by atoms with Gasteiger partial charge in [0.2, 0.25) is 0 Å². The molecule has 0 aliphatic carbocycles. The summed E-state index contributed by atoms with van der Waals surface area (Å²) in [5.41, 5.74) is 1.83. The molecule has 2 rings (SSSR count). The summed E-state index contributed by atoms with van der Waals surface area (Å²) in [6.45, 7) is 0. The third-order valence-electron chi connectivity index (χ3n) is 1.67. The molecule has 0 saturated heterocycles. The van der Waals surface area contributed by atoms with Gasteiger partial charge in [-0.1, -0.05) is 0 Å². The van der Waals surface area contributed by atoms with Crippen LogP contribution in [0.4, 0.5) is 0 Å². The van der Waals surface area contributed by atoms with Crippen molar-refractivity contribution in [3.63, 3.8) is 0 Å². The maximum Gasteiger partial charge on any atom is 0.108 e. The first-order chi connectivity index (χ1) is 5.75. The van der Waals surface area contributed by atoms with E-state index in [1.54, 1.807) is 12.7 Å². The fourth-order valence-corrected chi connectivity index (χ4v) is 1.09. The number of hydrogen-bond donors (Lipinski definition) is 0. The van der Waals surface area contributed by atoms with Gasteiger partial charge >= 0.3 is 0 Å². The zero-order valence-corrected chi connectivity index (χ0v) is 7.10. The Hall–Kier alpha value is -1.58. The molecule has 4 nitrogen and oxygen atoms in total. The van der Waals surface area contributed by atoms with E-state index in [2.05, 4.69) is 9.97 Å². The van der Waals surface area contributed by atoms with Gasteiger partial charge in [-0.2, -0.15) is 0 Å². The highest BCUT2D eigenvalue weighted by Crippen LogP contribution is 2.12. The number of imidazole rings is 2.